The highest BCUT2D eigenvalue weighted by Crippen LogP contribution is 2.29. The van der Waals surface area contributed by atoms with Crippen LogP contribution in [0.5, 0.6) is 11.5 Å². The van der Waals surface area contributed by atoms with Crippen LogP contribution in [-0.4, -0.2) is 31.6 Å². The molecule has 0 radical (unpaired) electrons. The van der Waals surface area contributed by atoms with E-state index in [1.807, 2.05) is 36.4 Å². The van der Waals surface area contributed by atoms with Crippen LogP contribution in [0.1, 0.15) is 29.5 Å². The normalized spacial score (nSPS) is 13.0. The lowest BCUT2D eigenvalue weighted by molar-refractivity contribution is -0.132. The highest BCUT2D eigenvalue weighted by Gasteiger charge is 2.16. The topological polar surface area (TPSA) is 38.8 Å². The van der Waals surface area contributed by atoms with Crippen molar-refractivity contribution in [2.75, 3.05) is 20.8 Å². The highest BCUT2D eigenvalue weighted by atomic mass is 16.5. The van der Waals surface area contributed by atoms with Gasteiger partial charge in [0.2, 0.25) is 0 Å². The molecule has 4 nitrogen and oxygen atoms in total. The van der Waals surface area contributed by atoms with Crippen molar-refractivity contribution >= 4 is 5.91 Å². The van der Waals surface area contributed by atoms with Crippen LogP contribution < -0.4 is 9.47 Å². The van der Waals surface area contributed by atoms with Crippen LogP contribution in [0.2, 0.25) is 0 Å². The molecule has 0 saturated carbocycles. The summed E-state index contributed by atoms with van der Waals surface area (Å²) in [4.78, 5) is 14.1. The molecule has 1 aliphatic rings. The van der Waals surface area contributed by atoms with Crippen molar-refractivity contribution in [2.24, 2.45) is 0 Å². The average molecular weight is 339 g/mol. The molecule has 0 atom stereocenters. The molecule has 0 unspecified atom stereocenters. The molecule has 1 amide bonds. The van der Waals surface area contributed by atoms with Gasteiger partial charge in [-0.1, -0.05) is 30.3 Å². The SMILES string of the molecule is COc1ccccc1CN(C)C(=O)COc1cccc2c1CCCC2. The summed E-state index contributed by atoms with van der Waals surface area (Å²) in [6, 6.07) is 13.9. The molecule has 0 heterocycles. The summed E-state index contributed by atoms with van der Waals surface area (Å²) in [6.45, 7) is 0.557. The molecule has 4 heteroatoms. The smallest absolute Gasteiger partial charge is 0.260 e. The van der Waals surface area contributed by atoms with E-state index in [1.165, 1.54) is 24.0 Å². The Morgan fingerprint density at radius 2 is 1.80 bits per heavy atom. The molecule has 0 aliphatic heterocycles. The van der Waals surface area contributed by atoms with Gasteiger partial charge in [-0.05, 0) is 48.9 Å². The number of rotatable bonds is 6. The number of nitrogens with zero attached hydrogens (tertiary/aromatic N) is 1. The summed E-state index contributed by atoms with van der Waals surface area (Å²) in [6.07, 6.45) is 4.57. The van der Waals surface area contributed by atoms with Crippen LogP contribution in [0, 0.1) is 0 Å². The Bertz CT molecular complexity index is 742. The Hall–Kier alpha value is -2.49. The first-order valence-electron chi connectivity index (χ1n) is 8.78. The first kappa shape index (κ1) is 17.3. The quantitative estimate of drug-likeness (QED) is 0.807. The van der Waals surface area contributed by atoms with E-state index >= 15 is 0 Å². The molecule has 0 aromatic heterocycles. The number of ether oxygens (including phenoxy) is 2. The van der Waals surface area contributed by atoms with E-state index in [0.717, 1.165) is 29.9 Å². The number of benzene rings is 2. The molecule has 3 rings (SSSR count). The Labute approximate surface area is 149 Å². The number of methoxy groups -OCH3 is 1. The molecule has 25 heavy (non-hydrogen) atoms. The molecule has 0 spiro atoms. The summed E-state index contributed by atoms with van der Waals surface area (Å²) in [7, 11) is 3.43. The number of para-hydroxylation sites is 1. The molecule has 2 aromatic carbocycles. The summed E-state index contributed by atoms with van der Waals surface area (Å²) in [5, 5.41) is 0. The predicted octanol–water partition coefficient (Wildman–Crippen LogP) is 3.61. The largest absolute Gasteiger partial charge is 0.496 e. The zero-order chi connectivity index (χ0) is 17.6. The van der Waals surface area contributed by atoms with E-state index in [9.17, 15) is 4.79 Å². The van der Waals surface area contributed by atoms with Gasteiger partial charge in [0.05, 0.1) is 7.11 Å². The summed E-state index contributed by atoms with van der Waals surface area (Å²) >= 11 is 0. The zero-order valence-electron chi connectivity index (χ0n) is 15.0. The Morgan fingerprint density at radius 1 is 1.04 bits per heavy atom. The number of fused-ring (bicyclic) bond motifs is 1. The van der Waals surface area contributed by atoms with Gasteiger partial charge in [-0.25, -0.2) is 0 Å². The molecule has 0 fully saturated rings. The number of hydrogen-bond donors (Lipinski definition) is 0. The van der Waals surface area contributed by atoms with E-state index in [-0.39, 0.29) is 12.5 Å². The van der Waals surface area contributed by atoms with Gasteiger partial charge in [-0.15, -0.1) is 0 Å². The third-order valence-corrected chi connectivity index (χ3v) is 4.73. The first-order chi connectivity index (χ1) is 12.2. The van der Waals surface area contributed by atoms with Gasteiger partial charge in [0.15, 0.2) is 6.61 Å². The average Bonchev–Trinajstić information content (AvgIpc) is 2.66. The second-order valence-corrected chi connectivity index (χ2v) is 6.45. The van der Waals surface area contributed by atoms with Crippen molar-refractivity contribution in [1.29, 1.82) is 0 Å². The highest BCUT2D eigenvalue weighted by molar-refractivity contribution is 5.77. The van der Waals surface area contributed by atoms with Gasteiger partial charge in [0.1, 0.15) is 11.5 Å². The molecule has 1 aliphatic carbocycles. The van der Waals surface area contributed by atoms with Crippen LogP contribution >= 0.6 is 0 Å². The van der Waals surface area contributed by atoms with Gasteiger partial charge in [0.25, 0.3) is 5.91 Å². The number of aryl methyl sites for hydroxylation is 1. The van der Waals surface area contributed by atoms with Crippen molar-refractivity contribution in [1.82, 2.24) is 4.90 Å². The summed E-state index contributed by atoms with van der Waals surface area (Å²) in [5.41, 5.74) is 3.62. The van der Waals surface area contributed by atoms with Crippen LogP contribution in [-0.2, 0) is 24.2 Å². The van der Waals surface area contributed by atoms with Gasteiger partial charge >= 0.3 is 0 Å². The third-order valence-electron chi connectivity index (χ3n) is 4.73. The maximum Gasteiger partial charge on any atom is 0.260 e. The van der Waals surface area contributed by atoms with E-state index < -0.39 is 0 Å². The molecule has 0 saturated heterocycles. The Balaban J connectivity index is 1.61. The lowest BCUT2D eigenvalue weighted by atomic mass is 9.91. The second kappa shape index (κ2) is 8.06. The van der Waals surface area contributed by atoms with Crippen LogP contribution in [0.3, 0.4) is 0 Å². The van der Waals surface area contributed by atoms with Crippen LogP contribution in [0.4, 0.5) is 0 Å². The maximum absolute atomic E-state index is 12.4. The van der Waals surface area contributed by atoms with Gasteiger partial charge in [0, 0.05) is 19.2 Å². The first-order valence-corrected chi connectivity index (χ1v) is 8.78. The summed E-state index contributed by atoms with van der Waals surface area (Å²) in [5.74, 6) is 1.61. The summed E-state index contributed by atoms with van der Waals surface area (Å²) < 4.78 is 11.2. The fraction of sp³-hybridized carbons (Fsp3) is 0.381. The van der Waals surface area contributed by atoms with E-state index in [2.05, 4.69) is 6.07 Å². The molecule has 2 aromatic rings. The second-order valence-electron chi connectivity index (χ2n) is 6.45. The molecule has 0 N–H and O–H groups in total. The van der Waals surface area contributed by atoms with Gasteiger partial charge in [-0.3, -0.25) is 4.79 Å². The lowest BCUT2D eigenvalue weighted by Gasteiger charge is -2.21. The van der Waals surface area contributed by atoms with Crippen molar-refractivity contribution in [3.05, 3.63) is 59.2 Å². The molecular weight excluding hydrogens is 314 g/mol. The predicted molar refractivity (Wildman–Crippen MR) is 98.0 cm³/mol. The molecule has 132 valence electrons. The third kappa shape index (κ3) is 4.13. The number of hydrogen-bond acceptors (Lipinski definition) is 3. The zero-order valence-corrected chi connectivity index (χ0v) is 15.0. The van der Waals surface area contributed by atoms with Crippen LogP contribution in [0.15, 0.2) is 42.5 Å². The van der Waals surface area contributed by atoms with Crippen molar-refractivity contribution in [3.63, 3.8) is 0 Å². The van der Waals surface area contributed by atoms with E-state index in [4.69, 9.17) is 9.47 Å². The number of carbonyl (C=O) groups is 1. The van der Waals surface area contributed by atoms with Gasteiger partial charge < -0.3 is 14.4 Å². The number of carbonyl (C=O) groups excluding carboxylic acids is 1. The Morgan fingerprint density at radius 3 is 2.64 bits per heavy atom. The standard InChI is InChI=1S/C21H25NO3/c1-22(14-17-9-4-6-12-19(17)24-2)21(23)15-25-20-13-7-10-16-8-3-5-11-18(16)20/h4,6-7,9-10,12-13H,3,5,8,11,14-15H2,1-2H3. The number of amides is 1. The fourth-order valence-electron chi connectivity index (χ4n) is 3.31. The van der Waals surface area contributed by atoms with E-state index in [1.54, 1.807) is 19.1 Å². The minimum absolute atomic E-state index is 0.0423. The minimum atomic E-state index is -0.0423. The monoisotopic (exact) mass is 339 g/mol. The maximum atomic E-state index is 12.4. The van der Waals surface area contributed by atoms with Crippen LogP contribution in [0.25, 0.3) is 0 Å². The molecular formula is C21H25NO3. The number of likely N-dealkylation sites (N-methyl/N-ethyl adjacent to an activating group) is 1. The van der Waals surface area contributed by atoms with Gasteiger partial charge in [-0.2, -0.15) is 0 Å². The van der Waals surface area contributed by atoms with E-state index in [0.29, 0.717) is 6.54 Å². The van der Waals surface area contributed by atoms with Crippen molar-refractivity contribution < 1.29 is 14.3 Å². The fourth-order valence-corrected chi connectivity index (χ4v) is 3.31. The van der Waals surface area contributed by atoms with Crippen molar-refractivity contribution in [3.8, 4) is 11.5 Å². The Kier molecular flexibility index (Phi) is 5.59. The molecule has 0 bridgehead atoms. The minimum Gasteiger partial charge on any atom is -0.496 e. The lowest BCUT2D eigenvalue weighted by Crippen LogP contribution is -2.31. The van der Waals surface area contributed by atoms with Crippen molar-refractivity contribution in [2.45, 2.75) is 32.2 Å².